The number of hydrogen-bond donors (Lipinski definition) is 1. The van der Waals surface area contributed by atoms with Crippen LogP contribution in [0.1, 0.15) is 19.3 Å². The van der Waals surface area contributed by atoms with Crippen LogP contribution in [0, 0.1) is 5.41 Å². The topological polar surface area (TPSA) is 41.6 Å². The van der Waals surface area contributed by atoms with Crippen LogP contribution in [0.2, 0.25) is 0 Å². The summed E-state index contributed by atoms with van der Waals surface area (Å²) in [5.74, 6) is 0.244. The van der Waals surface area contributed by atoms with Crippen molar-refractivity contribution in [3.8, 4) is 0 Å². The number of hydrogen-bond acceptors (Lipinski definition) is 3. The van der Waals surface area contributed by atoms with E-state index in [4.69, 9.17) is 4.74 Å². The van der Waals surface area contributed by atoms with Crippen molar-refractivity contribution in [3.05, 3.63) is 0 Å². The van der Waals surface area contributed by atoms with Crippen molar-refractivity contribution in [3.63, 3.8) is 0 Å². The van der Waals surface area contributed by atoms with Gasteiger partial charge in [0.25, 0.3) is 0 Å². The molecule has 1 aliphatic heterocycles. The van der Waals surface area contributed by atoms with Crippen molar-refractivity contribution in [2.75, 3.05) is 33.5 Å². The van der Waals surface area contributed by atoms with E-state index in [9.17, 15) is 4.79 Å². The molecule has 0 unspecified atom stereocenters. The lowest BCUT2D eigenvalue weighted by Crippen LogP contribution is -2.33. The lowest BCUT2D eigenvalue weighted by molar-refractivity contribution is -0.127. The van der Waals surface area contributed by atoms with Crippen LogP contribution in [-0.4, -0.2) is 44.3 Å². The molecule has 4 nitrogen and oxygen atoms in total. The Kier molecular flexibility index (Phi) is 2.74. The van der Waals surface area contributed by atoms with E-state index in [1.165, 1.54) is 12.8 Å². The maximum atomic E-state index is 11.4. The quantitative estimate of drug-likeness (QED) is 0.686. The first-order chi connectivity index (χ1) is 6.76. The Morgan fingerprint density at radius 3 is 2.86 bits per heavy atom. The fourth-order valence-corrected chi connectivity index (χ4v) is 2.03. The molecule has 80 valence electrons. The number of nitrogens with one attached hydrogen (secondary N) is 1. The molecule has 1 saturated heterocycles. The summed E-state index contributed by atoms with van der Waals surface area (Å²) in [5, 5.41) is 3.07. The highest BCUT2D eigenvalue weighted by molar-refractivity contribution is 5.80. The Morgan fingerprint density at radius 1 is 1.57 bits per heavy atom. The van der Waals surface area contributed by atoms with E-state index >= 15 is 0 Å². The van der Waals surface area contributed by atoms with Gasteiger partial charge < -0.3 is 9.64 Å². The zero-order valence-corrected chi connectivity index (χ0v) is 8.71. The molecule has 0 bridgehead atoms. The van der Waals surface area contributed by atoms with Crippen LogP contribution in [0.25, 0.3) is 0 Å². The Bertz CT molecular complexity index is 226. The predicted molar refractivity (Wildman–Crippen MR) is 52.7 cm³/mol. The zero-order valence-electron chi connectivity index (χ0n) is 8.71. The minimum absolute atomic E-state index is 0.244. The van der Waals surface area contributed by atoms with Gasteiger partial charge in [0.05, 0.1) is 13.2 Å². The molecule has 1 aliphatic carbocycles. The first-order valence-electron chi connectivity index (χ1n) is 5.23. The summed E-state index contributed by atoms with van der Waals surface area (Å²) in [7, 11) is 1.73. The molecule has 1 heterocycles. The second kappa shape index (κ2) is 3.87. The van der Waals surface area contributed by atoms with Gasteiger partial charge in [-0.3, -0.25) is 10.1 Å². The van der Waals surface area contributed by atoms with E-state index in [1.54, 1.807) is 7.11 Å². The van der Waals surface area contributed by atoms with E-state index < -0.39 is 0 Å². The minimum atomic E-state index is 0.244. The van der Waals surface area contributed by atoms with Gasteiger partial charge in [0.2, 0.25) is 5.91 Å². The number of carbonyl (C=O) groups is 1. The normalized spacial score (nSPS) is 24.4. The van der Waals surface area contributed by atoms with Gasteiger partial charge in [-0.05, 0) is 24.7 Å². The second-order valence-electron chi connectivity index (χ2n) is 4.42. The van der Waals surface area contributed by atoms with Crippen molar-refractivity contribution in [1.82, 2.24) is 10.2 Å². The van der Waals surface area contributed by atoms with E-state index in [2.05, 4.69) is 5.32 Å². The Balaban J connectivity index is 1.81. The smallest absolute Gasteiger partial charge is 0.237 e. The van der Waals surface area contributed by atoms with Gasteiger partial charge in [-0.15, -0.1) is 0 Å². The number of methoxy groups -OCH3 is 1. The lowest BCUT2D eigenvalue weighted by Gasteiger charge is -2.22. The van der Waals surface area contributed by atoms with Crippen LogP contribution >= 0.6 is 0 Å². The highest BCUT2D eigenvalue weighted by Gasteiger charge is 2.44. The van der Waals surface area contributed by atoms with Gasteiger partial charge in [0.15, 0.2) is 0 Å². The third-order valence-electron chi connectivity index (χ3n) is 3.25. The zero-order chi connectivity index (χ0) is 10.0. The second-order valence-corrected chi connectivity index (χ2v) is 4.42. The molecular formula is C10H18N2O2. The Hall–Kier alpha value is -0.610. The number of ether oxygens (including phenoxy) is 1. The molecule has 2 aliphatic rings. The molecule has 0 atom stereocenters. The first-order valence-corrected chi connectivity index (χ1v) is 5.23. The van der Waals surface area contributed by atoms with Gasteiger partial charge in [0, 0.05) is 20.3 Å². The van der Waals surface area contributed by atoms with E-state index in [0.29, 0.717) is 12.0 Å². The van der Waals surface area contributed by atoms with Gasteiger partial charge in [0.1, 0.15) is 0 Å². The summed E-state index contributed by atoms with van der Waals surface area (Å²) in [6.45, 7) is 2.98. The molecule has 1 saturated carbocycles. The number of carbonyl (C=O) groups excluding carboxylic acids is 1. The molecule has 4 heteroatoms. The summed E-state index contributed by atoms with van der Waals surface area (Å²) < 4.78 is 5.09. The van der Waals surface area contributed by atoms with Gasteiger partial charge in [-0.25, -0.2) is 0 Å². The highest BCUT2D eigenvalue weighted by Crippen LogP contribution is 2.49. The Morgan fingerprint density at radius 2 is 2.36 bits per heavy atom. The monoisotopic (exact) mass is 198 g/mol. The molecule has 1 amide bonds. The van der Waals surface area contributed by atoms with E-state index in [-0.39, 0.29) is 5.91 Å². The maximum Gasteiger partial charge on any atom is 0.237 e. The third kappa shape index (κ3) is 2.07. The van der Waals surface area contributed by atoms with Crippen molar-refractivity contribution in [2.24, 2.45) is 5.41 Å². The fraction of sp³-hybridized carbons (Fsp3) is 0.900. The average molecular weight is 198 g/mol. The lowest BCUT2D eigenvalue weighted by atomic mass is 10.0. The van der Waals surface area contributed by atoms with Gasteiger partial charge >= 0.3 is 0 Å². The SMILES string of the molecule is COCCC1(CN2CNCC2=O)CC1. The standard InChI is InChI=1S/C10H18N2O2/c1-14-5-4-10(2-3-10)7-12-8-11-6-9(12)13/h11H,2-8H2,1H3. The van der Waals surface area contributed by atoms with Gasteiger partial charge in [-0.2, -0.15) is 0 Å². The molecule has 14 heavy (non-hydrogen) atoms. The summed E-state index contributed by atoms with van der Waals surface area (Å²) in [4.78, 5) is 13.3. The average Bonchev–Trinajstić information content (AvgIpc) is 2.83. The Labute approximate surface area is 84.6 Å². The number of amides is 1. The summed E-state index contributed by atoms with van der Waals surface area (Å²) in [6, 6.07) is 0. The molecule has 2 rings (SSSR count). The van der Waals surface area contributed by atoms with Crippen LogP contribution in [0.3, 0.4) is 0 Å². The number of rotatable bonds is 5. The van der Waals surface area contributed by atoms with Crippen LogP contribution in [0.5, 0.6) is 0 Å². The molecular weight excluding hydrogens is 180 g/mol. The number of nitrogens with zero attached hydrogens (tertiary/aromatic N) is 1. The molecule has 1 N–H and O–H groups in total. The summed E-state index contributed by atoms with van der Waals surface area (Å²) in [5.41, 5.74) is 0.387. The molecule has 0 aromatic heterocycles. The first kappa shape index (κ1) is 9.93. The van der Waals surface area contributed by atoms with Crippen LogP contribution < -0.4 is 5.32 Å². The van der Waals surface area contributed by atoms with Crippen molar-refractivity contribution >= 4 is 5.91 Å². The van der Waals surface area contributed by atoms with Crippen molar-refractivity contribution < 1.29 is 9.53 Å². The van der Waals surface area contributed by atoms with E-state index in [1.807, 2.05) is 4.90 Å². The molecule has 0 aromatic carbocycles. The fourth-order valence-electron chi connectivity index (χ4n) is 2.03. The minimum Gasteiger partial charge on any atom is -0.385 e. The van der Waals surface area contributed by atoms with Crippen LogP contribution in [0.15, 0.2) is 0 Å². The van der Waals surface area contributed by atoms with Crippen molar-refractivity contribution in [1.29, 1.82) is 0 Å². The molecule has 0 radical (unpaired) electrons. The largest absolute Gasteiger partial charge is 0.385 e. The summed E-state index contributed by atoms with van der Waals surface area (Å²) >= 11 is 0. The molecule has 0 spiro atoms. The van der Waals surface area contributed by atoms with Crippen LogP contribution in [0.4, 0.5) is 0 Å². The third-order valence-corrected chi connectivity index (χ3v) is 3.25. The van der Waals surface area contributed by atoms with Crippen LogP contribution in [-0.2, 0) is 9.53 Å². The predicted octanol–water partition coefficient (Wildman–Crippen LogP) is 0.192. The highest BCUT2D eigenvalue weighted by atomic mass is 16.5. The maximum absolute atomic E-state index is 11.4. The summed E-state index contributed by atoms with van der Waals surface area (Å²) in [6.07, 6.45) is 3.59. The van der Waals surface area contributed by atoms with E-state index in [0.717, 1.165) is 26.2 Å². The van der Waals surface area contributed by atoms with Crippen molar-refractivity contribution in [2.45, 2.75) is 19.3 Å². The van der Waals surface area contributed by atoms with Gasteiger partial charge in [-0.1, -0.05) is 0 Å². The molecule has 2 fully saturated rings. The molecule has 0 aromatic rings.